The molecule has 0 saturated carbocycles. The zero-order valence-electron chi connectivity index (χ0n) is 17.9. The minimum Gasteiger partial charge on any atom is -0.368 e. The summed E-state index contributed by atoms with van der Waals surface area (Å²) in [4.78, 5) is 20.2. The third-order valence-electron chi connectivity index (χ3n) is 5.61. The molecule has 0 atom stereocenters. The number of hydrogen-bond acceptors (Lipinski definition) is 4. The highest BCUT2D eigenvalue weighted by Crippen LogP contribution is 2.31. The van der Waals surface area contributed by atoms with E-state index >= 15 is 0 Å². The van der Waals surface area contributed by atoms with Gasteiger partial charge in [-0.3, -0.25) is 4.79 Å². The largest absolute Gasteiger partial charge is 0.368 e. The Hall–Kier alpha value is -2.90. The van der Waals surface area contributed by atoms with Gasteiger partial charge >= 0.3 is 0 Å². The molecule has 8 heteroatoms. The van der Waals surface area contributed by atoms with Crippen molar-refractivity contribution in [2.24, 2.45) is 0 Å². The van der Waals surface area contributed by atoms with Crippen molar-refractivity contribution in [2.75, 3.05) is 11.9 Å². The molecule has 5 nitrogen and oxygen atoms in total. The Kier molecular flexibility index (Phi) is 6.22. The summed E-state index contributed by atoms with van der Waals surface area (Å²) in [7, 11) is 0. The molecule has 0 radical (unpaired) electrons. The summed E-state index contributed by atoms with van der Waals surface area (Å²) >= 11 is 10.3. The van der Waals surface area contributed by atoms with Crippen LogP contribution in [0.5, 0.6) is 0 Å². The van der Waals surface area contributed by atoms with Gasteiger partial charge in [0.05, 0.1) is 16.2 Å². The second-order valence-corrected chi connectivity index (χ2v) is 8.53. The fourth-order valence-corrected chi connectivity index (χ4v) is 4.45. The van der Waals surface area contributed by atoms with Crippen LogP contribution in [0.25, 0.3) is 22.2 Å². The SMILES string of the molecule is Cc1cc(-c2cc(NCCn3c(C)cc4c(C)c(F)cc(Cl)c43)ncn2)ccc1C(=O)S. The number of thiol groups is 1. The molecule has 0 fully saturated rings. The standard InChI is InChI=1S/C24H22ClFN4OS/c1-13-8-16(4-5-17(13)24(31)32)21-11-22(29-12-28-21)27-6-7-30-14(2)9-18-15(3)20(26)10-19(25)23(18)30/h4-5,8-12H,6-7H2,1-3H3,(H,31,32)(H,27,28,29). The number of carbonyl (C=O) groups excluding carboxylic acids is 1. The van der Waals surface area contributed by atoms with Gasteiger partial charge in [0, 0.05) is 41.4 Å². The minimum absolute atomic E-state index is 0.259. The maximum absolute atomic E-state index is 14.0. The molecule has 2 aromatic heterocycles. The highest BCUT2D eigenvalue weighted by Gasteiger charge is 2.15. The molecule has 0 aliphatic heterocycles. The number of nitrogens with one attached hydrogen (secondary N) is 1. The number of halogens is 2. The molecular weight excluding hydrogens is 447 g/mol. The molecule has 0 saturated heterocycles. The first-order chi connectivity index (χ1) is 15.3. The second kappa shape index (κ2) is 8.92. The van der Waals surface area contributed by atoms with Gasteiger partial charge in [0.2, 0.25) is 5.12 Å². The molecular formula is C24H22ClFN4OS. The number of nitrogens with zero attached hydrogens (tertiary/aromatic N) is 3. The van der Waals surface area contributed by atoms with Gasteiger partial charge in [-0.05, 0) is 56.2 Å². The molecule has 0 aliphatic rings. The lowest BCUT2D eigenvalue weighted by atomic mass is 10.0. The van der Waals surface area contributed by atoms with Crippen LogP contribution < -0.4 is 5.32 Å². The van der Waals surface area contributed by atoms with Crippen LogP contribution in [0.2, 0.25) is 5.02 Å². The minimum atomic E-state index is -0.298. The number of carbonyl (C=O) groups is 1. The van der Waals surface area contributed by atoms with Crippen LogP contribution in [0.3, 0.4) is 0 Å². The number of anilines is 1. The highest BCUT2D eigenvalue weighted by atomic mass is 35.5. The van der Waals surface area contributed by atoms with E-state index in [0.29, 0.717) is 35.1 Å². The Balaban J connectivity index is 1.53. The number of aromatic nitrogens is 3. The zero-order valence-corrected chi connectivity index (χ0v) is 19.6. The number of fused-ring (bicyclic) bond motifs is 1. The van der Waals surface area contributed by atoms with Crippen LogP contribution in [-0.4, -0.2) is 26.2 Å². The van der Waals surface area contributed by atoms with E-state index in [0.717, 1.165) is 33.4 Å². The Morgan fingerprint density at radius 1 is 1.16 bits per heavy atom. The molecule has 0 spiro atoms. The molecule has 4 rings (SSSR count). The van der Waals surface area contributed by atoms with Crippen LogP contribution >= 0.6 is 24.2 Å². The van der Waals surface area contributed by atoms with Crippen molar-refractivity contribution in [1.82, 2.24) is 14.5 Å². The molecule has 32 heavy (non-hydrogen) atoms. The lowest BCUT2D eigenvalue weighted by molar-refractivity contribution is 0.109. The van der Waals surface area contributed by atoms with Crippen molar-refractivity contribution in [3.63, 3.8) is 0 Å². The maximum Gasteiger partial charge on any atom is 0.216 e. The molecule has 1 N–H and O–H groups in total. The van der Waals surface area contributed by atoms with E-state index < -0.39 is 0 Å². The second-order valence-electron chi connectivity index (χ2n) is 7.71. The Bertz CT molecular complexity index is 1350. The van der Waals surface area contributed by atoms with E-state index in [1.165, 1.54) is 12.4 Å². The first-order valence-electron chi connectivity index (χ1n) is 10.1. The van der Waals surface area contributed by atoms with Crippen molar-refractivity contribution in [3.05, 3.63) is 75.9 Å². The molecule has 0 unspecified atom stereocenters. The van der Waals surface area contributed by atoms with Crippen molar-refractivity contribution < 1.29 is 9.18 Å². The van der Waals surface area contributed by atoms with Gasteiger partial charge < -0.3 is 9.88 Å². The van der Waals surface area contributed by atoms with Gasteiger partial charge in [-0.2, -0.15) is 0 Å². The van der Waals surface area contributed by atoms with Gasteiger partial charge in [0.1, 0.15) is 18.0 Å². The monoisotopic (exact) mass is 468 g/mol. The normalized spacial score (nSPS) is 11.2. The summed E-state index contributed by atoms with van der Waals surface area (Å²) in [6, 6.07) is 10.7. The summed E-state index contributed by atoms with van der Waals surface area (Å²) in [5.74, 6) is 0.387. The van der Waals surface area contributed by atoms with E-state index in [9.17, 15) is 9.18 Å². The molecule has 2 heterocycles. The predicted octanol–water partition coefficient (Wildman–Crippen LogP) is 6.00. The highest BCUT2D eigenvalue weighted by molar-refractivity contribution is 7.97. The van der Waals surface area contributed by atoms with Gasteiger partial charge in [-0.15, -0.1) is 12.6 Å². The smallest absolute Gasteiger partial charge is 0.216 e. The average Bonchev–Trinajstić information content (AvgIpc) is 3.09. The topological polar surface area (TPSA) is 59.8 Å². The zero-order chi connectivity index (χ0) is 23.0. The summed E-state index contributed by atoms with van der Waals surface area (Å²) in [6.45, 7) is 6.85. The molecule has 2 aromatic carbocycles. The molecule has 0 amide bonds. The van der Waals surface area contributed by atoms with E-state index in [2.05, 4.69) is 32.5 Å². The third-order valence-corrected chi connectivity index (χ3v) is 6.14. The van der Waals surface area contributed by atoms with Crippen molar-refractivity contribution in [2.45, 2.75) is 27.3 Å². The van der Waals surface area contributed by atoms with E-state index in [1.807, 2.05) is 38.1 Å². The summed E-state index contributed by atoms with van der Waals surface area (Å²) in [5.41, 5.74) is 5.50. The summed E-state index contributed by atoms with van der Waals surface area (Å²) in [5, 5.41) is 4.29. The number of aryl methyl sites for hydroxylation is 3. The first-order valence-corrected chi connectivity index (χ1v) is 10.9. The van der Waals surface area contributed by atoms with E-state index in [4.69, 9.17) is 11.6 Å². The lowest BCUT2D eigenvalue weighted by Crippen LogP contribution is -2.12. The van der Waals surface area contributed by atoms with Crippen molar-refractivity contribution >= 4 is 46.1 Å². The lowest BCUT2D eigenvalue weighted by Gasteiger charge is -2.12. The summed E-state index contributed by atoms with van der Waals surface area (Å²) < 4.78 is 16.1. The molecule has 164 valence electrons. The van der Waals surface area contributed by atoms with Gasteiger partial charge in [-0.25, -0.2) is 14.4 Å². The van der Waals surface area contributed by atoms with Crippen LogP contribution in [0.1, 0.15) is 27.2 Å². The third kappa shape index (κ3) is 4.23. The van der Waals surface area contributed by atoms with E-state index in [-0.39, 0.29) is 10.9 Å². The maximum atomic E-state index is 14.0. The summed E-state index contributed by atoms with van der Waals surface area (Å²) in [6.07, 6.45) is 1.50. The molecule has 4 aromatic rings. The van der Waals surface area contributed by atoms with Crippen LogP contribution in [0.4, 0.5) is 10.2 Å². The van der Waals surface area contributed by atoms with Crippen molar-refractivity contribution in [3.8, 4) is 11.3 Å². The predicted molar refractivity (Wildman–Crippen MR) is 130 cm³/mol. The number of rotatable bonds is 6. The van der Waals surface area contributed by atoms with Crippen LogP contribution in [0.15, 0.2) is 42.7 Å². The average molecular weight is 469 g/mol. The fraction of sp³-hybridized carbons (Fsp3) is 0.208. The fourth-order valence-electron chi connectivity index (χ4n) is 3.90. The molecule has 0 aliphatic carbocycles. The number of hydrogen-bond donors (Lipinski definition) is 2. The van der Waals surface area contributed by atoms with Crippen LogP contribution in [0, 0.1) is 26.6 Å². The van der Waals surface area contributed by atoms with Gasteiger partial charge in [0.15, 0.2) is 0 Å². The van der Waals surface area contributed by atoms with Crippen LogP contribution in [-0.2, 0) is 6.54 Å². The van der Waals surface area contributed by atoms with Crippen molar-refractivity contribution in [1.29, 1.82) is 0 Å². The van der Waals surface area contributed by atoms with E-state index in [1.54, 1.807) is 13.0 Å². The Morgan fingerprint density at radius 2 is 1.94 bits per heavy atom. The first kappa shape index (κ1) is 22.3. The molecule has 0 bridgehead atoms. The number of benzene rings is 2. The Labute approximate surface area is 196 Å². The van der Waals surface area contributed by atoms with Gasteiger partial charge in [-0.1, -0.05) is 17.7 Å². The quantitative estimate of drug-likeness (QED) is 0.341. The Morgan fingerprint density at radius 3 is 2.66 bits per heavy atom. The van der Waals surface area contributed by atoms with Gasteiger partial charge in [0.25, 0.3) is 0 Å².